The van der Waals surface area contributed by atoms with E-state index in [9.17, 15) is 9.18 Å². The molecule has 0 aliphatic heterocycles. The Balaban J connectivity index is 2.52. The fraction of sp³-hybridized carbons (Fsp3) is 0.133. The van der Waals surface area contributed by atoms with Crippen LogP contribution in [-0.2, 0) is 0 Å². The Labute approximate surface area is 115 Å². The molecule has 0 atom stereocenters. The molecule has 0 unspecified atom stereocenters. The van der Waals surface area contributed by atoms with E-state index in [0.717, 1.165) is 4.90 Å². The van der Waals surface area contributed by atoms with Gasteiger partial charge in [0.2, 0.25) is 0 Å². The van der Waals surface area contributed by atoms with Crippen molar-refractivity contribution in [3.8, 4) is 5.75 Å². The number of ketones is 1. The van der Waals surface area contributed by atoms with Crippen LogP contribution in [0.5, 0.6) is 5.75 Å². The maximum Gasteiger partial charge on any atom is 0.197 e. The zero-order valence-corrected chi connectivity index (χ0v) is 11.5. The van der Waals surface area contributed by atoms with Crippen LogP contribution < -0.4 is 4.74 Å². The largest absolute Gasteiger partial charge is 0.496 e. The molecule has 0 spiro atoms. The van der Waals surface area contributed by atoms with Gasteiger partial charge in [-0.05, 0) is 36.6 Å². The van der Waals surface area contributed by atoms with E-state index < -0.39 is 5.82 Å². The second-order valence-corrected chi connectivity index (χ2v) is 4.72. The number of halogens is 1. The van der Waals surface area contributed by atoms with Crippen molar-refractivity contribution < 1.29 is 13.9 Å². The van der Waals surface area contributed by atoms with Crippen LogP contribution in [0, 0.1) is 5.82 Å². The van der Waals surface area contributed by atoms with E-state index in [1.54, 1.807) is 12.1 Å². The SMILES string of the molecule is COc1ccc(F)cc1C(=O)c1ccccc1SC. The molecule has 0 saturated heterocycles. The first-order valence-electron chi connectivity index (χ1n) is 5.68. The number of hydrogen-bond donors (Lipinski definition) is 0. The fourth-order valence-electron chi connectivity index (χ4n) is 1.83. The smallest absolute Gasteiger partial charge is 0.197 e. The summed E-state index contributed by atoms with van der Waals surface area (Å²) in [5.74, 6) is -0.311. The van der Waals surface area contributed by atoms with Gasteiger partial charge in [0.1, 0.15) is 11.6 Å². The first-order chi connectivity index (χ1) is 9.17. The van der Waals surface area contributed by atoms with Gasteiger partial charge >= 0.3 is 0 Å². The lowest BCUT2D eigenvalue weighted by Gasteiger charge is -2.10. The first kappa shape index (κ1) is 13.6. The molecule has 0 aliphatic rings. The van der Waals surface area contributed by atoms with E-state index in [1.807, 2.05) is 18.4 Å². The lowest BCUT2D eigenvalue weighted by molar-refractivity contribution is 0.103. The summed E-state index contributed by atoms with van der Waals surface area (Å²) in [6.07, 6.45) is 1.90. The number of benzene rings is 2. The monoisotopic (exact) mass is 276 g/mol. The Morgan fingerprint density at radius 2 is 1.89 bits per heavy atom. The van der Waals surface area contributed by atoms with Gasteiger partial charge in [-0.25, -0.2) is 4.39 Å². The lowest BCUT2D eigenvalue weighted by Crippen LogP contribution is -2.06. The molecule has 4 heteroatoms. The number of carbonyl (C=O) groups excluding carboxylic acids is 1. The number of carbonyl (C=O) groups is 1. The molecule has 0 amide bonds. The molecular weight excluding hydrogens is 263 g/mol. The van der Waals surface area contributed by atoms with Gasteiger partial charge in [0, 0.05) is 10.5 Å². The molecule has 0 N–H and O–H groups in total. The maximum atomic E-state index is 13.3. The van der Waals surface area contributed by atoms with Crippen LogP contribution in [0.25, 0.3) is 0 Å². The van der Waals surface area contributed by atoms with Crippen LogP contribution in [0.3, 0.4) is 0 Å². The summed E-state index contributed by atoms with van der Waals surface area (Å²) in [6, 6.07) is 11.2. The molecule has 0 heterocycles. The van der Waals surface area contributed by atoms with Gasteiger partial charge in [-0.3, -0.25) is 4.79 Å². The van der Waals surface area contributed by atoms with Crippen LogP contribution in [-0.4, -0.2) is 19.1 Å². The average molecular weight is 276 g/mol. The third kappa shape index (κ3) is 2.79. The fourth-order valence-corrected chi connectivity index (χ4v) is 2.43. The zero-order chi connectivity index (χ0) is 13.8. The van der Waals surface area contributed by atoms with Gasteiger partial charge in [-0.2, -0.15) is 0 Å². The van der Waals surface area contributed by atoms with Crippen LogP contribution in [0.1, 0.15) is 15.9 Å². The minimum atomic E-state index is -0.453. The third-order valence-corrected chi connectivity index (χ3v) is 3.55. The summed E-state index contributed by atoms with van der Waals surface area (Å²) in [4.78, 5) is 13.4. The average Bonchev–Trinajstić information content (AvgIpc) is 2.46. The van der Waals surface area contributed by atoms with Gasteiger partial charge in [-0.1, -0.05) is 12.1 Å². The van der Waals surface area contributed by atoms with Gasteiger partial charge in [0.05, 0.1) is 12.7 Å². The molecule has 19 heavy (non-hydrogen) atoms. The summed E-state index contributed by atoms with van der Waals surface area (Å²) in [5, 5.41) is 0. The van der Waals surface area contributed by atoms with Gasteiger partial charge in [0.15, 0.2) is 5.78 Å². The summed E-state index contributed by atoms with van der Waals surface area (Å²) in [7, 11) is 1.46. The number of rotatable bonds is 4. The van der Waals surface area contributed by atoms with E-state index in [1.165, 1.54) is 37.1 Å². The maximum absolute atomic E-state index is 13.3. The van der Waals surface area contributed by atoms with Crippen molar-refractivity contribution >= 4 is 17.5 Å². The van der Waals surface area contributed by atoms with E-state index >= 15 is 0 Å². The van der Waals surface area contributed by atoms with E-state index in [4.69, 9.17) is 4.74 Å². The molecule has 2 nitrogen and oxygen atoms in total. The second-order valence-electron chi connectivity index (χ2n) is 3.87. The van der Waals surface area contributed by atoms with Crippen LogP contribution in [0.2, 0.25) is 0 Å². The van der Waals surface area contributed by atoms with Crippen molar-refractivity contribution in [2.24, 2.45) is 0 Å². The topological polar surface area (TPSA) is 26.3 Å². The standard InChI is InChI=1S/C15H13FO2S/c1-18-13-8-7-10(16)9-12(13)15(17)11-5-3-4-6-14(11)19-2/h3-9H,1-2H3. The molecular formula is C15H13FO2S. The number of methoxy groups -OCH3 is 1. The molecule has 0 saturated carbocycles. The highest BCUT2D eigenvalue weighted by Crippen LogP contribution is 2.27. The summed E-state index contributed by atoms with van der Waals surface area (Å²) >= 11 is 1.48. The van der Waals surface area contributed by atoms with Crippen LogP contribution in [0.15, 0.2) is 47.4 Å². The van der Waals surface area contributed by atoms with Crippen molar-refractivity contribution in [1.82, 2.24) is 0 Å². The molecule has 0 radical (unpaired) electrons. The minimum Gasteiger partial charge on any atom is -0.496 e. The quantitative estimate of drug-likeness (QED) is 0.628. The highest BCUT2D eigenvalue weighted by atomic mass is 32.2. The molecule has 0 aliphatic carbocycles. The first-order valence-corrected chi connectivity index (χ1v) is 6.91. The van der Waals surface area contributed by atoms with E-state index in [2.05, 4.69) is 0 Å². The summed E-state index contributed by atoms with van der Waals surface area (Å²) in [6.45, 7) is 0. The Hall–Kier alpha value is -1.81. The Kier molecular flexibility index (Phi) is 4.22. The van der Waals surface area contributed by atoms with Gasteiger partial charge < -0.3 is 4.74 Å². The summed E-state index contributed by atoms with van der Waals surface area (Å²) < 4.78 is 18.5. The van der Waals surface area contributed by atoms with Crippen molar-refractivity contribution in [3.63, 3.8) is 0 Å². The predicted molar refractivity (Wildman–Crippen MR) is 74.6 cm³/mol. The highest BCUT2D eigenvalue weighted by molar-refractivity contribution is 7.98. The van der Waals surface area contributed by atoms with E-state index in [-0.39, 0.29) is 11.3 Å². The predicted octanol–water partition coefficient (Wildman–Crippen LogP) is 3.79. The summed E-state index contributed by atoms with van der Waals surface area (Å²) in [5.41, 5.74) is 0.794. The molecule has 2 aromatic rings. The van der Waals surface area contributed by atoms with Crippen molar-refractivity contribution in [1.29, 1.82) is 0 Å². The van der Waals surface area contributed by atoms with Crippen molar-refractivity contribution in [2.75, 3.05) is 13.4 Å². The molecule has 0 fully saturated rings. The normalized spacial score (nSPS) is 10.3. The third-order valence-electron chi connectivity index (χ3n) is 2.76. The number of thioether (sulfide) groups is 1. The van der Waals surface area contributed by atoms with Crippen LogP contribution in [0.4, 0.5) is 4.39 Å². The zero-order valence-electron chi connectivity index (χ0n) is 10.6. The number of ether oxygens (including phenoxy) is 1. The van der Waals surface area contributed by atoms with Crippen molar-refractivity contribution in [2.45, 2.75) is 4.90 Å². The lowest BCUT2D eigenvalue weighted by atomic mass is 10.0. The van der Waals surface area contributed by atoms with Crippen molar-refractivity contribution in [3.05, 3.63) is 59.4 Å². The second kappa shape index (κ2) is 5.89. The molecule has 98 valence electrons. The molecule has 0 bridgehead atoms. The Morgan fingerprint density at radius 1 is 1.16 bits per heavy atom. The van der Waals surface area contributed by atoms with Crippen LogP contribution >= 0.6 is 11.8 Å². The molecule has 0 aromatic heterocycles. The van der Waals surface area contributed by atoms with Gasteiger partial charge in [0.25, 0.3) is 0 Å². The van der Waals surface area contributed by atoms with E-state index in [0.29, 0.717) is 11.3 Å². The Bertz CT molecular complexity index is 611. The number of hydrogen-bond acceptors (Lipinski definition) is 3. The molecule has 2 rings (SSSR count). The molecule has 2 aromatic carbocycles. The van der Waals surface area contributed by atoms with Gasteiger partial charge in [-0.15, -0.1) is 11.8 Å². The highest BCUT2D eigenvalue weighted by Gasteiger charge is 2.17. The Morgan fingerprint density at radius 3 is 2.58 bits per heavy atom. The minimum absolute atomic E-state index is 0.235.